The van der Waals surface area contributed by atoms with Crippen LogP contribution in [0.15, 0.2) is 12.7 Å². The summed E-state index contributed by atoms with van der Waals surface area (Å²) in [5.74, 6) is 0.389. The molecule has 1 heterocycles. The van der Waals surface area contributed by atoms with Gasteiger partial charge in [0.2, 0.25) is 0 Å². The van der Waals surface area contributed by atoms with E-state index < -0.39 is 0 Å². The Morgan fingerprint density at radius 2 is 1.94 bits per heavy atom. The highest BCUT2D eigenvalue weighted by Crippen LogP contribution is 2.35. The highest BCUT2D eigenvalue weighted by atomic mass is 16.7. The molecule has 0 amide bonds. The molecule has 0 unspecified atom stereocenters. The molecule has 1 fully saturated rings. The molecule has 0 aromatic rings. The minimum atomic E-state index is -0.0815. The lowest BCUT2D eigenvalue weighted by molar-refractivity contribution is -0.263. The highest BCUT2D eigenvalue weighted by molar-refractivity contribution is 4.93. The predicted molar refractivity (Wildman–Crippen MR) is 64.2 cm³/mol. The number of methoxy groups -OCH3 is 1. The van der Waals surface area contributed by atoms with Crippen molar-refractivity contribution in [2.45, 2.75) is 39.6 Å². The fourth-order valence-corrected chi connectivity index (χ4v) is 2.03. The monoisotopic (exact) mass is 228 g/mol. The number of hydrogen-bond acceptors (Lipinski definition) is 3. The van der Waals surface area contributed by atoms with Gasteiger partial charge >= 0.3 is 0 Å². The van der Waals surface area contributed by atoms with Crippen molar-refractivity contribution in [3.8, 4) is 0 Å². The molecule has 1 atom stereocenters. The van der Waals surface area contributed by atoms with Crippen molar-refractivity contribution in [1.29, 1.82) is 0 Å². The second-order valence-electron chi connectivity index (χ2n) is 4.97. The van der Waals surface area contributed by atoms with Crippen molar-refractivity contribution < 1.29 is 14.2 Å². The summed E-state index contributed by atoms with van der Waals surface area (Å²) in [4.78, 5) is 0. The molecule has 0 bridgehead atoms. The van der Waals surface area contributed by atoms with Gasteiger partial charge in [-0.15, -0.1) is 6.58 Å². The third-order valence-corrected chi connectivity index (χ3v) is 3.38. The van der Waals surface area contributed by atoms with Crippen LogP contribution < -0.4 is 0 Å². The molecule has 0 aliphatic carbocycles. The van der Waals surface area contributed by atoms with Gasteiger partial charge < -0.3 is 14.2 Å². The van der Waals surface area contributed by atoms with Crippen LogP contribution in [0.3, 0.4) is 0 Å². The van der Waals surface area contributed by atoms with E-state index in [-0.39, 0.29) is 17.8 Å². The first-order chi connectivity index (χ1) is 7.55. The molecule has 1 aliphatic rings. The van der Waals surface area contributed by atoms with Crippen LogP contribution in [0.4, 0.5) is 0 Å². The molecule has 0 spiro atoms. The first kappa shape index (κ1) is 13.7. The molecule has 0 N–H and O–H groups in total. The summed E-state index contributed by atoms with van der Waals surface area (Å²) in [5, 5.41) is 0. The number of allylic oxidation sites excluding steroid dienone is 1. The second kappa shape index (κ2) is 5.80. The van der Waals surface area contributed by atoms with E-state index in [1.165, 1.54) is 0 Å². The Hall–Kier alpha value is -0.380. The summed E-state index contributed by atoms with van der Waals surface area (Å²) in [7, 11) is 1.73. The Morgan fingerprint density at radius 3 is 2.31 bits per heavy atom. The Bertz CT molecular complexity index is 217. The third-order valence-electron chi connectivity index (χ3n) is 3.38. The zero-order valence-electron chi connectivity index (χ0n) is 10.9. The number of hydrogen-bond donors (Lipinski definition) is 0. The van der Waals surface area contributed by atoms with Gasteiger partial charge in [-0.05, 0) is 13.3 Å². The average Bonchev–Trinajstić information content (AvgIpc) is 2.29. The molecule has 3 nitrogen and oxygen atoms in total. The predicted octanol–water partition coefficient (Wildman–Crippen LogP) is 2.61. The van der Waals surface area contributed by atoms with Crippen LogP contribution in [0, 0.1) is 11.3 Å². The standard InChI is InChI=1S/C13H24O3/c1-6-7-13(11(4)14-5)8-15-12(10(2)3)16-9-13/h6,10-12H,1,7-9H2,2-5H3/t11-,12?,13?/m1/s1. The summed E-state index contributed by atoms with van der Waals surface area (Å²) >= 11 is 0. The molecule has 16 heavy (non-hydrogen) atoms. The van der Waals surface area contributed by atoms with E-state index in [0.29, 0.717) is 19.1 Å². The second-order valence-corrected chi connectivity index (χ2v) is 4.97. The molecule has 1 aliphatic heterocycles. The highest BCUT2D eigenvalue weighted by Gasteiger charge is 2.41. The van der Waals surface area contributed by atoms with Crippen LogP contribution in [-0.2, 0) is 14.2 Å². The van der Waals surface area contributed by atoms with E-state index in [1.807, 2.05) is 6.08 Å². The fraction of sp³-hybridized carbons (Fsp3) is 0.846. The largest absolute Gasteiger partial charge is 0.381 e. The summed E-state index contributed by atoms with van der Waals surface area (Å²) in [5.41, 5.74) is -0.0815. The minimum Gasteiger partial charge on any atom is -0.381 e. The van der Waals surface area contributed by atoms with Crippen LogP contribution in [0.2, 0.25) is 0 Å². The Morgan fingerprint density at radius 1 is 1.38 bits per heavy atom. The molecule has 1 rings (SSSR count). The van der Waals surface area contributed by atoms with Gasteiger partial charge in [-0.25, -0.2) is 0 Å². The fourth-order valence-electron chi connectivity index (χ4n) is 2.03. The van der Waals surface area contributed by atoms with Gasteiger partial charge in [0.05, 0.1) is 19.3 Å². The number of ether oxygens (including phenoxy) is 3. The lowest BCUT2D eigenvalue weighted by atomic mass is 9.80. The first-order valence-corrected chi connectivity index (χ1v) is 5.92. The Labute approximate surface area is 98.8 Å². The van der Waals surface area contributed by atoms with Crippen LogP contribution in [0.5, 0.6) is 0 Å². The Balaban J connectivity index is 2.65. The molecule has 0 aromatic carbocycles. The molecule has 0 aromatic heterocycles. The van der Waals surface area contributed by atoms with Gasteiger partial charge in [-0.2, -0.15) is 0 Å². The minimum absolute atomic E-state index is 0.0815. The van der Waals surface area contributed by atoms with Crippen molar-refractivity contribution in [1.82, 2.24) is 0 Å². The van der Waals surface area contributed by atoms with E-state index in [2.05, 4.69) is 27.4 Å². The lowest BCUT2D eigenvalue weighted by Crippen LogP contribution is -2.49. The van der Waals surface area contributed by atoms with E-state index in [9.17, 15) is 0 Å². The normalized spacial score (nSPS) is 32.7. The summed E-state index contributed by atoms with van der Waals surface area (Å²) in [6, 6.07) is 0. The first-order valence-electron chi connectivity index (χ1n) is 5.92. The lowest BCUT2D eigenvalue weighted by Gasteiger charge is -2.43. The van der Waals surface area contributed by atoms with E-state index in [0.717, 1.165) is 6.42 Å². The topological polar surface area (TPSA) is 27.7 Å². The van der Waals surface area contributed by atoms with E-state index in [1.54, 1.807) is 7.11 Å². The van der Waals surface area contributed by atoms with Crippen molar-refractivity contribution in [2.75, 3.05) is 20.3 Å². The summed E-state index contributed by atoms with van der Waals surface area (Å²) in [6.07, 6.45) is 2.80. The van der Waals surface area contributed by atoms with Gasteiger partial charge in [0.15, 0.2) is 6.29 Å². The summed E-state index contributed by atoms with van der Waals surface area (Å²) in [6.45, 7) is 11.4. The van der Waals surface area contributed by atoms with Crippen molar-refractivity contribution in [3.63, 3.8) is 0 Å². The van der Waals surface area contributed by atoms with Gasteiger partial charge in [-0.1, -0.05) is 19.9 Å². The van der Waals surface area contributed by atoms with Gasteiger partial charge in [0.25, 0.3) is 0 Å². The molecule has 94 valence electrons. The maximum absolute atomic E-state index is 5.78. The molecular weight excluding hydrogens is 204 g/mol. The van der Waals surface area contributed by atoms with Crippen molar-refractivity contribution >= 4 is 0 Å². The maximum atomic E-state index is 5.78. The van der Waals surface area contributed by atoms with Crippen molar-refractivity contribution in [3.05, 3.63) is 12.7 Å². The van der Waals surface area contributed by atoms with Crippen LogP contribution >= 0.6 is 0 Å². The van der Waals surface area contributed by atoms with Crippen LogP contribution in [-0.4, -0.2) is 32.7 Å². The molecule has 1 saturated heterocycles. The quantitative estimate of drug-likeness (QED) is 0.677. The number of rotatable bonds is 5. The zero-order valence-corrected chi connectivity index (χ0v) is 10.9. The van der Waals surface area contributed by atoms with Crippen LogP contribution in [0.1, 0.15) is 27.2 Å². The average molecular weight is 228 g/mol. The zero-order chi connectivity index (χ0) is 12.2. The molecule has 0 saturated carbocycles. The molecule has 0 radical (unpaired) electrons. The van der Waals surface area contributed by atoms with Gasteiger partial charge in [0, 0.05) is 18.4 Å². The van der Waals surface area contributed by atoms with Crippen molar-refractivity contribution in [2.24, 2.45) is 11.3 Å². The van der Waals surface area contributed by atoms with E-state index in [4.69, 9.17) is 14.2 Å². The smallest absolute Gasteiger partial charge is 0.159 e. The third kappa shape index (κ3) is 2.84. The van der Waals surface area contributed by atoms with E-state index >= 15 is 0 Å². The Kier molecular flexibility index (Phi) is 4.96. The maximum Gasteiger partial charge on any atom is 0.159 e. The van der Waals surface area contributed by atoms with Gasteiger partial charge in [0.1, 0.15) is 0 Å². The summed E-state index contributed by atoms with van der Waals surface area (Å²) < 4.78 is 17.0. The molecule has 3 heteroatoms. The molecular formula is C13H24O3. The SMILES string of the molecule is C=CCC1([C@@H](C)OC)COC(C(C)C)OC1. The van der Waals surface area contributed by atoms with Crippen LogP contribution in [0.25, 0.3) is 0 Å². The van der Waals surface area contributed by atoms with Gasteiger partial charge in [-0.3, -0.25) is 0 Å².